The van der Waals surface area contributed by atoms with Crippen LogP contribution in [0.25, 0.3) is 10.8 Å². The highest BCUT2D eigenvalue weighted by Gasteiger charge is 2.65. The van der Waals surface area contributed by atoms with Crippen LogP contribution in [0.1, 0.15) is 67.0 Å². The van der Waals surface area contributed by atoms with Gasteiger partial charge in [-0.1, -0.05) is 58.9 Å². The van der Waals surface area contributed by atoms with Gasteiger partial charge in [0.05, 0.1) is 13.2 Å². The third-order valence-corrected chi connectivity index (χ3v) is 6.49. The van der Waals surface area contributed by atoms with Crippen LogP contribution in [0.3, 0.4) is 0 Å². The Morgan fingerprint density at radius 1 is 1.10 bits per heavy atom. The fourth-order valence-electron chi connectivity index (χ4n) is 5.19. The van der Waals surface area contributed by atoms with Gasteiger partial charge in [0.25, 0.3) is 0 Å². The Bertz CT molecular complexity index is 983. The number of ether oxygens (including phenoxy) is 2. The molecule has 1 fully saturated rings. The zero-order valence-corrected chi connectivity index (χ0v) is 20.4. The molecule has 2 aromatic rings. The number of methoxy groups -OCH3 is 1. The van der Waals surface area contributed by atoms with Gasteiger partial charge in [0.1, 0.15) is 17.0 Å². The zero-order valence-electron chi connectivity index (χ0n) is 20.4. The second-order valence-corrected chi connectivity index (χ2v) is 11.3. The first-order valence-corrected chi connectivity index (χ1v) is 10.9. The summed E-state index contributed by atoms with van der Waals surface area (Å²) in [6, 6.07) is 11.3. The summed E-state index contributed by atoms with van der Waals surface area (Å²) in [5.41, 5.74) is -1.95. The predicted octanol–water partition coefficient (Wildman–Crippen LogP) is 5.94. The Kier molecular flexibility index (Phi) is 5.59. The van der Waals surface area contributed by atoms with Crippen LogP contribution >= 0.6 is 0 Å². The molecule has 1 N–H and O–H groups in total. The lowest BCUT2D eigenvalue weighted by Gasteiger charge is -2.49. The van der Waals surface area contributed by atoms with E-state index in [-0.39, 0.29) is 0 Å². The van der Waals surface area contributed by atoms with Gasteiger partial charge in [-0.15, -0.1) is 0 Å². The van der Waals surface area contributed by atoms with E-state index in [2.05, 4.69) is 0 Å². The van der Waals surface area contributed by atoms with Crippen LogP contribution < -0.4 is 4.74 Å². The largest absolute Gasteiger partial charge is 0.497 e. The molecule has 0 saturated carbocycles. The maximum atomic E-state index is 13.4. The number of amides is 1. The Labute approximate surface area is 186 Å². The Balaban J connectivity index is 2.27. The van der Waals surface area contributed by atoms with Gasteiger partial charge in [0.15, 0.2) is 0 Å². The van der Waals surface area contributed by atoms with Crippen LogP contribution in [-0.4, -0.2) is 41.0 Å². The molecular formula is C26H37NO4. The summed E-state index contributed by atoms with van der Waals surface area (Å²) in [6.07, 6.45) is -0.406. The van der Waals surface area contributed by atoms with Crippen molar-refractivity contribution in [2.45, 2.75) is 72.6 Å². The van der Waals surface area contributed by atoms with E-state index in [1.807, 2.05) is 91.8 Å². The number of hydrogen-bond donors (Lipinski definition) is 1. The van der Waals surface area contributed by atoms with Gasteiger partial charge >= 0.3 is 6.09 Å². The molecule has 1 heterocycles. The Morgan fingerprint density at radius 3 is 2.29 bits per heavy atom. The maximum Gasteiger partial charge on any atom is 0.410 e. The minimum absolute atomic E-state index is 0.396. The summed E-state index contributed by atoms with van der Waals surface area (Å²) in [7, 11) is 1.65. The first-order valence-electron chi connectivity index (χ1n) is 10.9. The van der Waals surface area contributed by atoms with Crippen molar-refractivity contribution in [1.82, 2.24) is 4.90 Å². The summed E-state index contributed by atoms with van der Waals surface area (Å²) in [6.45, 7) is 16.2. The summed E-state index contributed by atoms with van der Waals surface area (Å²) in [5, 5.41) is 14.4. The first kappa shape index (κ1) is 23.4. The number of aliphatic hydroxyl groups is 1. The molecule has 0 radical (unpaired) electrons. The van der Waals surface area contributed by atoms with E-state index in [0.29, 0.717) is 6.54 Å². The number of benzene rings is 2. The summed E-state index contributed by atoms with van der Waals surface area (Å²) in [4.78, 5) is 15.1. The number of carbonyl (C=O) groups is 1. The SMILES string of the molecule is COc1ccc2c([C@H]3N(C(=O)OC(C)(C)C)CC(C)(C)[C@@]3(O)C(C)(C)C)cccc2c1. The number of likely N-dealkylation sites (tertiary alicyclic amines) is 1. The second-order valence-electron chi connectivity index (χ2n) is 11.3. The smallest absolute Gasteiger partial charge is 0.410 e. The molecule has 3 rings (SSSR count). The normalized spacial score (nSPS) is 23.8. The molecule has 1 aliphatic rings. The zero-order chi connectivity index (χ0) is 23.4. The standard InChI is InChI=1S/C26H37NO4/c1-23(2,3)26(29)21(27(16-25(26,7)8)22(28)31-24(4,5)6)20-12-10-11-17-15-18(30-9)13-14-19(17)20/h10-15,21,29H,16H2,1-9H3/t21-,26+/m1/s1. The van der Waals surface area contributed by atoms with Gasteiger partial charge in [-0.05, 0) is 54.7 Å². The van der Waals surface area contributed by atoms with Gasteiger partial charge < -0.3 is 14.6 Å². The van der Waals surface area contributed by atoms with Crippen molar-refractivity contribution in [3.8, 4) is 5.75 Å². The molecule has 2 aromatic carbocycles. The van der Waals surface area contributed by atoms with E-state index in [4.69, 9.17) is 9.47 Å². The molecule has 1 saturated heterocycles. The van der Waals surface area contributed by atoms with Crippen LogP contribution in [0.5, 0.6) is 5.75 Å². The third kappa shape index (κ3) is 3.89. The predicted molar refractivity (Wildman–Crippen MR) is 124 cm³/mol. The van der Waals surface area contributed by atoms with Crippen LogP contribution in [0.15, 0.2) is 36.4 Å². The van der Waals surface area contributed by atoms with Crippen molar-refractivity contribution in [2.24, 2.45) is 10.8 Å². The second kappa shape index (κ2) is 7.40. The summed E-state index contributed by atoms with van der Waals surface area (Å²) < 4.78 is 11.2. The van der Waals surface area contributed by atoms with Crippen molar-refractivity contribution < 1.29 is 19.4 Å². The fourth-order valence-corrected chi connectivity index (χ4v) is 5.19. The molecule has 31 heavy (non-hydrogen) atoms. The lowest BCUT2D eigenvalue weighted by Crippen LogP contribution is -2.55. The van der Waals surface area contributed by atoms with E-state index in [1.165, 1.54) is 0 Å². The molecule has 0 aromatic heterocycles. The third-order valence-electron chi connectivity index (χ3n) is 6.49. The highest BCUT2D eigenvalue weighted by atomic mass is 16.6. The van der Waals surface area contributed by atoms with Crippen LogP contribution in [0.4, 0.5) is 4.79 Å². The van der Waals surface area contributed by atoms with Gasteiger partial charge in [-0.25, -0.2) is 4.79 Å². The Hall–Kier alpha value is -2.27. The summed E-state index contributed by atoms with van der Waals surface area (Å²) in [5.74, 6) is 0.770. The molecule has 170 valence electrons. The van der Waals surface area contributed by atoms with Crippen molar-refractivity contribution in [3.63, 3.8) is 0 Å². The molecule has 0 spiro atoms. The topological polar surface area (TPSA) is 59.0 Å². The molecule has 2 atom stereocenters. The number of rotatable bonds is 2. The quantitative estimate of drug-likeness (QED) is 0.644. The van der Waals surface area contributed by atoms with Crippen LogP contribution in [-0.2, 0) is 4.74 Å². The minimum atomic E-state index is -1.19. The monoisotopic (exact) mass is 427 g/mol. The average molecular weight is 428 g/mol. The number of carbonyl (C=O) groups excluding carboxylic acids is 1. The fraction of sp³-hybridized carbons (Fsp3) is 0.577. The van der Waals surface area contributed by atoms with Gasteiger partial charge in [0.2, 0.25) is 0 Å². The molecule has 0 unspecified atom stereocenters. The molecule has 5 heteroatoms. The van der Waals surface area contributed by atoms with E-state index < -0.39 is 34.2 Å². The van der Waals surface area contributed by atoms with E-state index >= 15 is 0 Å². The molecule has 0 bridgehead atoms. The van der Waals surface area contributed by atoms with Crippen molar-refractivity contribution in [2.75, 3.05) is 13.7 Å². The van der Waals surface area contributed by atoms with Gasteiger partial charge in [0, 0.05) is 12.0 Å². The molecule has 1 amide bonds. The van der Waals surface area contributed by atoms with E-state index in [9.17, 15) is 9.90 Å². The first-order chi connectivity index (χ1) is 14.1. The molecular weight excluding hydrogens is 390 g/mol. The van der Waals surface area contributed by atoms with Crippen LogP contribution in [0, 0.1) is 10.8 Å². The highest BCUT2D eigenvalue weighted by molar-refractivity contribution is 5.88. The number of hydrogen-bond acceptors (Lipinski definition) is 4. The summed E-state index contributed by atoms with van der Waals surface area (Å²) >= 11 is 0. The minimum Gasteiger partial charge on any atom is -0.497 e. The van der Waals surface area contributed by atoms with Gasteiger partial charge in [-0.3, -0.25) is 4.90 Å². The van der Waals surface area contributed by atoms with Gasteiger partial charge in [-0.2, -0.15) is 0 Å². The maximum absolute atomic E-state index is 13.4. The van der Waals surface area contributed by atoms with Crippen molar-refractivity contribution in [1.29, 1.82) is 0 Å². The highest BCUT2D eigenvalue weighted by Crippen LogP contribution is 2.59. The lowest BCUT2D eigenvalue weighted by molar-refractivity contribution is -0.138. The molecule has 0 aliphatic carbocycles. The lowest BCUT2D eigenvalue weighted by atomic mass is 9.60. The molecule has 1 aliphatic heterocycles. The van der Waals surface area contributed by atoms with Crippen molar-refractivity contribution in [3.05, 3.63) is 42.0 Å². The van der Waals surface area contributed by atoms with Crippen molar-refractivity contribution >= 4 is 16.9 Å². The average Bonchev–Trinajstić information content (AvgIpc) is 2.86. The number of fused-ring (bicyclic) bond motifs is 1. The Morgan fingerprint density at radius 2 is 1.74 bits per heavy atom. The van der Waals surface area contributed by atoms with Crippen LogP contribution in [0.2, 0.25) is 0 Å². The number of nitrogens with zero attached hydrogens (tertiary/aromatic N) is 1. The van der Waals surface area contributed by atoms with E-state index in [1.54, 1.807) is 12.0 Å². The van der Waals surface area contributed by atoms with E-state index in [0.717, 1.165) is 22.1 Å². The molecule has 5 nitrogen and oxygen atoms in total.